The molecule has 0 N–H and O–H groups in total. The van der Waals surface area contributed by atoms with E-state index in [2.05, 4.69) is 63.5 Å². The van der Waals surface area contributed by atoms with Crippen LogP contribution in [0, 0.1) is 41.5 Å². The monoisotopic (exact) mass is 326 g/mol. The molecule has 0 bridgehead atoms. The van der Waals surface area contributed by atoms with Gasteiger partial charge in [0.05, 0.1) is 0 Å². The first-order chi connectivity index (χ1) is 9.34. The van der Waals surface area contributed by atoms with Crippen LogP contribution >= 0.6 is 15.9 Å². The maximum absolute atomic E-state index is 3.71. The fraction of sp³-hybridized carbons (Fsp3) is 0.333. The Kier molecular flexibility index (Phi) is 3.13. The third kappa shape index (κ3) is 1.67. The second-order valence-corrected chi connectivity index (χ2v) is 7.04. The molecule has 0 unspecified atom stereocenters. The second-order valence-electron chi connectivity index (χ2n) is 6.18. The minimum atomic E-state index is 1.09. The van der Waals surface area contributed by atoms with Crippen LogP contribution in [0.25, 0.3) is 11.1 Å². The first-order valence-corrected chi connectivity index (χ1v) is 8.02. The Hall–Kier alpha value is -1.02. The van der Waals surface area contributed by atoms with Crippen molar-refractivity contribution < 1.29 is 0 Å². The molecule has 2 aromatic rings. The summed E-state index contributed by atoms with van der Waals surface area (Å²) < 4.78 is 1.24. The van der Waals surface area contributed by atoms with E-state index in [1.165, 1.54) is 54.4 Å². The van der Waals surface area contributed by atoms with Crippen molar-refractivity contribution in [2.75, 3.05) is 0 Å². The van der Waals surface area contributed by atoms with Crippen LogP contribution < -0.4 is 10.9 Å². The fourth-order valence-corrected chi connectivity index (χ4v) is 4.22. The van der Waals surface area contributed by atoms with Crippen LogP contribution in [0.1, 0.15) is 33.4 Å². The van der Waals surface area contributed by atoms with E-state index in [1.54, 1.807) is 5.46 Å². The zero-order chi connectivity index (χ0) is 14.8. The SMILES string of the molecule is Cc1cc(Br)c(C)c2c1-c1c(C)c(C)c(C)c(C)c1B2. The zero-order valence-electron chi connectivity index (χ0n) is 13.2. The first-order valence-electron chi connectivity index (χ1n) is 7.22. The van der Waals surface area contributed by atoms with Crippen molar-refractivity contribution in [3.8, 4) is 11.1 Å². The summed E-state index contributed by atoms with van der Waals surface area (Å²) in [6.07, 6.45) is 0. The summed E-state index contributed by atoms with van der Waals surface area (Å²) in [4.78, 5) is 0. The molecule has 1 aliphatic heterocycles. The van der Waals surface area contributed by atoms with Crippen LogP contribution in [0.3, 0.4) is 0 Å². The van der Waals surface area contributed by atoms with Gasteiger partial charge in [0.2, 0.25) is 0 Å². The third-order valence-electron chi connectivity index (χ3n) is 5.27. The van der Waals surface area contributed by atoms with Gasteiger partial charge in [0.15, 0.2) is 7.28 Å². The maximum Gasteiger partial charge on any atom is 0.194 e. The predicted octanol–water partition coefficient (Wildman–Crippen LogP) is 3.67. The molecular formula is C18H20BBr. The van der Waals surface area contributed by atoms with Crippen molar-refractivity contribution in [1.29, 1.82) is 0 Å². The molecule has 2 heteroatoms. The van der Waals surface area contributed by atoms with Crippen molar-refractivity contribution in [2.24, 2.45) is 0 Å². The number of hydrogen-bond donors (Lipinski definition) is 0. The van der Waals surface area contributed by atoms with E-state index in [0.717, 1.165) is 7.28 Å². The lowest BCUT2D eigenvalue weighted by atomic mass is 9.64. The molecule has 0 saturated heterocycles. The summed E-state index contributed by atoms with van der Waals surface area (Å²) >= 11 is 3.71. The zero-order valence-corrected chi connectivity index (χ0v) is 14.7. The highest BCUT2D eigenvalue weighted by molar-refractivity contribution is 9.10. The lowest BCUT2D eigenvalue weighted by molar-refractivity contribution is 1.23. The Morgan fingerprint density at radius 1 is 0.700 bits per heavy atom. The number of hydrogen-bond acceptors (Lipinski definition) is 0. The molecule has 0 atom stereocenters. The summed E-state index contributed by atoms with van der Waals surface area (Å²) in [5.74, 6) is 0. The number of fused-ring (bicyclic) bond motifs is 3. The maximum atomic E-state index is 3.71. The number of rotatable bonds is 0. The molecule has 20 heavy (non-hydrogen) atoms. The molecule has 0 saturated carbocycles. The van der Waals surface area contributed by atoms with Crippen LogP contribution in [0.5, 0.6) is 0 Å². The average molecular weight is 327 g/mol. The lowest BCUT2D eigenvalue weighted by Crippen LogP contribution is -2.26. The van der Waals surface area contributed by atoms with Gasteiger partial charge in [-0.25, -0.2) is 0 Å². The topological polar surface area (TPSA) is 0 Å². The predicted molar refractivity (Wildman–Crippen MR) is 94.4 cm³/mol. The summed E-state index contributed by atoms with van der Waals surface area (Å²) in [6.45, 7) is 13.6. The van der Waals surface area contributed by atoms with Crippen LogP contribution in [-0.4, -0.2) is 7.28 Å². The van der Waals surface area contributed by atoms with E-state index in [9.17, 15) is 0 Å². The van der Waals surface area contributed by atoms with E-state index in [4.69, 9.17) is 0 Å². The minimum Gasteiger partial charge on any atom is -0.0674 e. The Balaban J connectivity index is 2.46. The number of aryl methyl sites for hydroxylation is 1. The van der Waals surface area contributed by atoms with Crippen LogP contribution in [-0.2, 0) is 0 Å². The van der Waals surface area contributed by atoms with Gasteiger partial charge in [-0.15, -0.1) is 0 Å². The normalized spacial score (nSPS) is 12.2. The molecular weight excluding hydrogens is 307 g/mol. The Morgan fingerprint density at radius 2 is 1.25 bits per heavy atom. The molecule has 0 nitrogen and oxygen atoms in total. The largest absolute Gasteiger partial charge is 0.194 e. The van der Waals surface area contributed by atoms with E-state index in [-0.39, 0.29) is 0 Å². The van der Waals surface area contributed by atoms with Crippen molar-refractivity contribution in [3.63, 3.8) is 0 Å². The molecule has 0 fully saturated rings. The van der Waals surface area contributed by atoms with Gasteiger partial charge in [0.1, 0.15) is 0 Å². The summed E-state index contributed by atoms with van der Waals surface area (Å²) in [5.41, 5.74) is 14.7. The quantitative estimate of drug-likeness (QED) is 0.553. The Morgan fingerprint density at radius 3 is 1.90 bits per heavy atom. The average Bonchev–Trinajstić information content (AvgIpc) is 2.81. The van der Waals surface area contributed by atoms with Crippen molar-refractivity contribution >= 4 is 34.1 Å². The highest BCUT2D eigenvalue weighted by atomic mass is 79.9. The number of halogens is 1. The molecule has 0 aromatic heterocycles. The van der Waals surface area contributed by atoms with E-state index in [0.29, 0.717) is 0 Å². The summed E-state index contributed by atoms with van der Waals surface area (Å²) in [6, 6.07) is 2.27. The van der Waals surface area contributed by atoms with Gasteiger partial charge in [-0.3, -0.25) is 0 Å². The fourth-order valence-electron chi connectivity index (χ4n) is 3.64. The van der Waals surface area contributed by atoms with Crippen molar-refractivity contribution in [3.05, 3.63) is 43.9 Å². The van der Waals surface area contributed by atoms with Gasteiger partial charge in [-0.05, 0) is 86.6 Å². The Labute approximate surface area is 131 Å². The van der Waals surface area contributed by atoms with Crippen LogP contribution in [0.15, 0.2) is 10.5 Å². The molecule has 2 aromatic carbocycles. The van der Waals surface area contributed by atoms with Gasteiger partial charge in [-0.1, -0.05) is 32.4 Å². The minimum absolute atomic E-state index is 1.09. The lowest BCUT2D eigenvalue weighted by Gasteiger charge is -2.18. The van der Waals surface area contributed by atoms with E-state index in [1.807, 2.05) is 0 Å². The van der Waals surface area contributed by atoms with Crippen LogP contribution in [0.4, 0.5) is 0 Å². The van der Waals surface area contributed by atoms with Gasteiger partial charge in [0.25, 0.3) is 0 Å². The standard InChI is InChI=1S/C18H20BBr/c1-8-7-14(20)13(6)18-15(8)16-11(4)9(2)10(3)12(5)17(16)19-18/h7,19H,1-6H3. The highest BCUT2D eigenvalue weighted by Crippen LogP contribution is 2.34. The molecule has 1 heterocycles. The van der Waals surface area contributed by atoms with Gasteiger partial charge >= 0.3 is 0 Å². The molecule has 0 aliphatic carbocycles. The third-order valence-corrected chi connectivity index (χ3v) is 6.09. The van der Waals surface area contributed by atoms with E-state index >= 15 is 0 Å². The molecule has 0 spiro atoms. The number of benzene rings is 2. The van der Waals surface area contributed by atoms with Gasteiger partial charge < -0.3 is 0 Å². The van der Waals surface area contributed by atoms with E-state index < -0.39 is 0 Å². The molecule has 102 valence electrons. The van der Waals surface area contributed by atoms with Crippen molar-refractivity contribution in [2.45, 2.75) is 41.5 Å². The smallest absolute Gasteiger partial charge is 0.0674 e. The van der Waals surface area contributed by atoms with Crippen molar-refractivity contribution in [1.82, 2.24) is 0 Å². The van der Waals surface area contributed by atoms with Gasteiger partial charge in [0, 0.05) is 4.47 Å². The molecule has 0 radical (unpaired) electrons. The Bertz CT molecular complexity index is 757. The highest BCUT2D eigenvalue weighted by Gasteiger charge is 2.28. The molecule has 1 aliphatic rings. The summed E-state index contributed by atoms with van der Waals surface area (Å²) in [7, 11) is 1.09. The molecule has 3 rings (SSSR count). The first kappa shape index (κ1) is 13.9. The second kappa shape index (κ2) is 4.49. The van der Waals surface area contributed by atoms with Crippen LogP contribution in [0.2, 0.25) is 0 Å². The van der Waals surface area contributed by atoms with Gasteiger partial charge in [-0.2, -0.15) is 0 Å². The summed E-state index contributed by atoms with van der Waals surface area (Å²) in [5, 5.41) is 0. The molecule has 0 amide bonds.